The number of methoxy groups -OCH3 is 1. The highest BCUT2D eigenvalue weighted by atomic mass is 35.5. The van der Waals surface area contributed by atoms with Crippen molar-refractivity contribution in [2.75, 3.05) is 21.2 Å². The highest BCUT2D eigenvalue weighted by Crippen LogP contribution is 2.27. The largest absolute Gasteiger partial charge is 0.495 e. The first kappa shape index (κ1) is 12.3. The Hall–Kier alpha value is -0.780. The highest BCUT2D eigenvalue weighted by Gasteiger charge is 2.18. The fourth-order valence-electron chi connectivity index (χ4n) is 1.02. The summed E-state index contributed by atoms with van der Waals surface area (Å²) in [6.45, 7) is 0. The summed E-state index contributed by atoms with van der Waals surface area (Å²) in [6.07, 6.45) is 0. The fourth-order valence-corrected chi connectivity index (χ4v) is 2.27. The lowest BCUT2D eigenvalue weighted by atomic mass is 10.3. The molecule has 1 aromatic rings. The van der Waals surface area contributed by atoms with Crippen LogP contribution in [0, 0.1) is 0 Å². The first-order chi connectivity index (χ1) is 6.89. The van der Waals surface area contributed by atoms with Gasteiger partial charge in [-0.1, -0.05) is 11.6 Å². The molecule has 0 radical (unpaired) electrons. The van der Waals surface area contributed by atoms with Crippen LogP contribution < -0.4 is 4.74 Å². The molecule has 84 valence electrons. The van der Waals surface area contributed by atoms with Crippen molar-refractivity contribution in [2.24, 2.45) is 0 Å². The smallest absolute Gasteiger partial charge is 0.242 e. The van der Waals surface area contributed by atoms with Crippen LogP contribution in [-0.2, 0) is 10.0 Å². The molecule has 0 unspecified atom stereocenters. The Kier molecular flexibility index (Phi) is 3.59. The van der Waals surface area contributed by atoms with E-state index < -0.39 is 10.0 Å². The van der Waals surface area contributed by atoms with E-state index >= 15 is 0 Å². The minimum absolute atomic E-state index is 0.151. The van der Waals surface area contributed by atoms with Crippen molar-refractivity contribution in [3.8, 4) is 5.75 Å². The summed E-state index contributed by atoms with van der Waals surface area (Å²) in [7, 11) is 0.974. The van der Waals surface area contributed by atoms with Crippen molar-refractivity contribution in [1.82, 2.24) is 4.31 Å². The van der Waals surface area contributed by atoms with E-state index in [1.165, 1.54) is 39.4 Å². The first-order valence-corrected chi connectivity index (χ1v) is 5.97. The van der Waals surface area contributed by atoms with E-state index in [4.69, 9.17) is 16.3 Å². The molecule has 1 aromatic carbocycles. The van der Waals surface area contributed by atoms with Gasteiger partial charge in [-0.3, -0.25) is 0 Å². The molecule has 0 aliphatic carbocycles. The van der Waals surface area contributed by atoms with Gasteiger partial charge < -0.3 is 4.74 Å². The minimum atomic E-state index is -3.43. The molecule has 0 bridgehead atoms. The number of rotatable bonds is 3. The SMILES string of the molecule is COc1ccc(S(=O)(=O)N(C)C)cc1Cl. The van der Waals surface area contributed by atoms with Gasteiger partial charge in [-0.2, -0.15) is 0 Å². The van der Waals surface area contributed by atoms with Crippen LogP contribution in [0.15, 0.2) is 23.1 Å². The number of hydrogen-bond acceptors (Lipinski definition) is 3. The van der Waals surface area contributed by atoms with Crippen molar-refractivity contribution in [3.63, 3.8) is 0 Å². The molecule has 0 spiro atoms. The van der Waals surface area contributed by atoms with Gasteiger partial charge in [0.2, 0.25) is 10.0 Å². The number of hydrogen-bond donors (Lipinski definition) is 0. The van der Waals surface area contributed by atoms with Crippen LogP contribution in [0.5, 0.6) is 5.75 Å². The van der Waals surface area contributed by atoms with Crippen molar-refractivity contribution in [1.29, 1.82) is 0 Å². The third-order valence-electron chi connectivity index (χ3n) is 1.90. The number of benzene rings is 1. The van der Waals surface area contributed by atoms with E-state index in [9.17, 15) is 8.42 Å². The Morgan fingerprint density at radius 2 is 1.93 bits per heavy atom. The molecule has 0 heterocycles. The zero-order chi connectivity index (χ0) is 11.6. The average Bonchev–Trinajstić information content (AvgIpc) is 2.17. The molecule has 0 fully saturated rings. The van der Waals surface area contributed by atoms with Crippen molar-refractivity contribution >= 4 is 21.6 Å². The van der Waals surface area contributed by atoms with E-state index in [2.05, 4.69) is 0 Å². The molecule has 0 amide bonds. The maximum absolute atomic E-state index is 11.7. The van der Waals surface area contributed by atoms with Crippen LogP contribution in [-0.4, -0.2) is 33.9 Å². The van der Waals surface area contributed by atoms with E-state index in [0.29, 0.717) is 5.75 Å². The lowest BCUT2D eigenvalue weighted by molar-refractivity contribution is 0.414. The molecule has 0 N–H and O–H groups in total. The summed E-state index contributed by atoms with van der Waals surface area (Å²) in [5.41, 5.74) is 0. The van der Waals surface area contributed by atoms with E-state index in [0.717, 1.165) is 4.31 Å². The fraction of sp³-hybridized carbons (Fsp3) is 0.333. The Morgan fingerprint density at radius 3 is 2.33 bits per heavy atom. The predicted molar refractivity (Wildman–Crippen MR) is 58.9 cm³/mol. The second-order valence-electron chi connectivity index (χ2n) is 3.08. The standard InChI is InChI=1S/C9H12ClNO3S/c1-11(2)15(12,13)7-4-5-9(14-3)8(10)6-7/h4-6H,1-3H3. The molecule has 0 atom stereocenters. The topological polar surface area (TPSA) is 46.6 Å². The lowest BCUT2D eigenvalue weighted by Gasteiger charge is -2.12. The Morgan fingerprint density at radius 1 is 1.33 bits per heavy atom. The summed E-state index contributed by atoms with van der Waals surface area (Å²) in [6, 6.07) is 4.36. The monoisotopic (exact) mass is 249 g/mol. The van der Waals surface area contributed by atoms with E-state index in [1.807, 2.05) is 0 Å². The van der Waals surface area contributed by atoms with Crippen LogP contribution in [0.2, 0.25) is 5.02 Å². The van der Waals surface area contributed by atoms with Gasteiger partial charge in [0.15, 0.2) is 0 Å². The molecule has 0 aromatic heterocycles. The normalized spacial score (nSPS) is 11.8. The third-order valence-corrected chi connectivity index (χ3v) is 4.01. The zero-order valence-corrected chi connectivity index (χ0v) is 10.3. The Bertz CT molecular complexity index is 456. The molecule has 1 rings (SSSR count). The van der Waals surface area contributed by atoms with Crippen molar-refractivity contribution in [2.45, 2.75) is 4.90 Å². The van der Waals surface area contributed by atoms with Gasteiger partial charge in [0, 0.05) is 14.1 Å². The first-order valence-electron chi connectivity index (χ1n) is 4.15. The van der Waals surface area contributed by atoms with Crippen LogP contribution >= 0.6 is 11.6 Å². The molecule has 0 aliphatic heterocycles. The molecule has 4 nitrogen and oxygen atoms in total. The lowest BCUT2D eigenvalue weighted by Crippen LogP contribution is -2.22. The molecule has 6 heteroatoms. The van der Waals surface area contributed by atoms with Crippen LogP contribution in [0.4, 0.5) is 0 Å². The molecule has 15 heavy (non-hydrogen) atoms. The molecular weight excluding hydrogens is 238 g/mol. The van der Waals surface area contributed by atoms with Gasteiger partial charge >= 0.3 is 0 Å². The van der Waals surface area contributed by atoms with Crippen LogP contribution in [0.3, 0.4) is 0 Å². The number of halogens is 1. The van der Waals surface area contributed by atoms with Crippen LogP contribution in [0.1, 0.15) is 0 Å². The Balaban J connectivity index is 3.25. The maximum Gasteiger partial charge on any atom is 0.242 e. The molecule has 0 aliphatic rings. The molecular formula is C9H12ClNO3S. The van der Waals surface area contributed by atoms with Gasteiger partial charge in [0.25, 0.3) is 0 Å². The van der Waals surface area contributed by atoms with E-state index in [1.54, 1.807) is 0 Å². The van der Waals surface area contributed by atoms with Gasteiger partial charge in [-0.25, -0.2) is 12.7 Å². The average molecular weight is 250 g/mol. The van der Waals surface area contributed by atoms with E-state index in [-0.39, 0.29) is 9.92 Å². The van der Waals surface area contributed by atoms with Crippen molar-refractivity contribution < 1.29 is 13.2 Å². The van der Waals surface area contributed by atoms with Crippen molar-refractivity contribution in [3.05, 3.63) is 23.2 Å². The zero-order valence-electron chi connectivity index (χ0n) is 8.69. The second-order valence-corrected chi connectivity index (χ2v) is 5.64. The summed E-state index contributed by atoms with van der Waals surface area (Å²) in [5, 5.41) is 0.278. The summed E-state index contributed by atoms with van der Waals surface area (Å²) in [5.74, 6) is 0.453. The summed E-state index contributed by atoms with van der Waals surface area (Å²) < 4.78 is 29.5. The second kappa shape index (κ2) is 4.38. The van der Waals surface area contributed by atoms with Gasteiger partial charge in [0.1, 0.15) is 5.75 Å². The predicted octanol–water partition coefficient (Wildman–Crippen LogP) is 1.60. The quantitative estimate of drug-likeness (QED) is 0.818. The molecule has 0 saturated carbocycles. The highest BCUT2D eigenvalue weighted by molar-refractivity contribution is 7.89. The summed E-state index contributed by atoms with van der Waals surface area (Å²) in [4.78, 5) is 0.151. The van der Waals surface area contributed by atoms with Gasteiger partial charge in [-0.05, 0) is 18.2 Å². The van der Waals surface area contributed by atoms with Gasteiger partial charge in [-0.15, -0.1) is 0 Å². The summed E-state index contributed by atoms with van der Waals surface area (Å²) >= 11 is 5.83. The maximum atomic E-state index is 11.7. The molecule has 0 saturated heterocycles. The number of nitrogens with zero attached hydrogens (tertiary/aromatic N) is 1. The number of sulfonamides is 1. The third kappa shape index (κ3) is 2.42. The van der Waals surface area contributed by atoms with Crippen LogP contribution in [0.25, 0.3) is 0 Å². The minimum Gasteiger partial charge on any atom is -0.495 e. The van der Waals surface area contributed by atoms with Gasteiger partial charge in [0.05, 0.1) is 17.0 Å². The number of ether oxygens (including phenoxy) is 1. The Labute approximate surface area is 94.5 Å².